The van der Waals surface area contributed by atoms with Gasteiger partial charge in [-0.2, -0.15) is 0 Å². The van der Waals surface area contributed by atoms with Crippen LogP contribution in [0.1, 0.15) is 11.9 Å². The van der Waals surface area contributed by atoms with Gasteiger partial charge in [0.2, 0.25) is 0 Å². The summed E-state index contributed by atoms with van der Waals surface area (Å²) in [6.45, 7) is 3.21. The van der Waals surface area contributed by atoms with Crippen molar-refractivity contribution in [1.82, 2.24) is 10.7 Å². The Kier molecular flexibility index (Phi) is 2.65. The van der Waals surface area contributed by atoms with Gasteiger partial charge in [-0.05, 0) is 6.92 Å². The lowest BCUT2D eigenvalue weighted by Crippen LogP contribution is -1.96. The number of anilines is 1. The van der Waals surface area contributed by atoms with Crippen molar-refractivity contribution in [1.29, 1.82) is 0 Å². The van der Waals surface area contributed by atoms with E-state index in [4.69, 9.17) is 5.73 Å². The normalized spacial score (nSPS) is 9.80. The Morgan fingerprint density at radius 1 is 1.80 bits per heavy atom. The van der Waals surface area contributed by atoms with Crippen molar-refractivity contribution in [2.75, 3.05) is 11.9 Å². The minimum Gasteiger partial charge on any atom is -0.370 e. The molecule has 0 unspecified atom stereocenters. The van der Waals surface area contributed by atoms with E-state index in [0.29, 0.717) is 0 Å². The second-order valence-electron chi connectivity index (χ2n) is 1.83. The first-order chi connectivity index (χ1) is 4.86. The SMILES string of the molecule is CCNc1csc(C[NH])n1. The Morgan fingerprint density at radius 3 is 3.10 bits per heavy atom. The summed E-state index contributed by atoms with van der Waals surface area (Å²) in [6.07, 6.45) is 0. The quantitative estimate of drug-likeness (QED) is 0.718. The van der Waals surface area contributed by atoms with E-state index in [9.17, 15) is 0 Å². The van der Waals surface area contributed by atoms with Crippen LogP contribution in [0, 0.1) is 0 Å². The molecule has 0 aliphatic rings. The highest BCUT2D eigenvalue weighted by Gasteiger charge is 1.96. The molecule has 1 heterocycles. The van der Waals surface area contributed by atoms with Crippen LogP contribution in [0.15, 0.2) is 5.38 Å². The first kappa shape index (κ1) is 7.50. The molecular formula is C6H10N3S. The molecule has 3 nitrogen and oxygen atoms in total. The lowest BCUT2D eigenvalue weighted by Gasteiger charge is -1.93. The van der Waals surface area contributed by atoms with Crippen LogP contribution in [0.3, 0.4) is 0 Å². The lowest BCUT2D eigenvalue weighted by atomic mass is 10.6. The van der Waals surface area contributed by atoms with Gasteiger partial charge < -0.3 is 5.32 Å². The Morgan fingerprint density at radius 2 is 2.60 bits per heavy atom. The highest BCUT2D eigenvalue weighted by molar-refractivity contribution is 7.10. The summed E-state index contributed by atoms with van der Waals surface area (Å²) in [4.78, 5) is 4.14. The lowest BCUT2D eigenvalue weighted by molar-refractivity contribution is 0.998. The molecular weight excluding hydrogens is 146 g/mol. The summed E-state index contributed by atoms with van der Waals surface area (Å²) in [5, 5.41) is 5.89. The third kappa shape index (κ3) is 1.68. The van der Waals surface area contributed by atoms with Crippen LogP contribution < -0.4 is 11.1 Å². The fraction of sp³-hybridized carbons (Fsp3) is 0.500. The van der Waals surface area contributed by atoms with Crippen LogP contribution in [-0.4, -0.2) is 11.5 Å². The molecule has 55 valence electrons. The zero-order chi connectivity index (χ0) is 7.40. The van der Waals surface area contributed by atoms with Crippen LogP contribution in [0.5, 0.6) is 0 Å². The maximum absolute atomic E-state index is 7.01. The smallest absolute Gasteiger partial charge is 0.137 e. The molecule has 4 heteroatoms. The summed E-state index contributed by atoms with van der Waals surface area (Å²) in [5.41, 5.74) is 7.01. The van der Waals surface area contributed by atoms with Crippen LogP contribution in [0.2, 0.25) is 0 Å². The van der Waals surface area contributed by atoms with Crippen LogP contribution in [0.4, 0.5) is 5.82 Å². The molecule has 1 rings (SSSR count). The third-order valence-corrected chi connectivity index (χ3v) is 1.91. The van der Waals surface area contributed by atoms with Crippen molar-refractivity contribution in [3.8, 4) is 0 Å². The molecule has 0 spiro atoms. The van der Waals surface area contributed by atoms with Crippen LogP contribution in [-0.2, 0) is 6.54 Å². The van der Waals surface area contributed by atoms with Gasteiger partial charge in [0, 0.05) is 11.9 Å². The van der Waals surface area contributed by atoms with Crippen molar-refractivity contribution >= 4 is 17.2 Å². The maximum Gasteiger partial charge on any atom is 0.137 e. The summed E-state index contributed by atoms with van der Waals surface area (Å²) >= 11 is 1.53. The van der Waals surface area contributed by atoms with Crippen molar-refractivity contribution < 1.29 is 0 Å². The largest absolute Gasteiger partial charge is 0.370 e. The zero-order valence-corrected chi connectivity index (χ0v) is 6.66. The van der Waals surface area contributed by atoms with Gasteiger partial charge in [-0.1, -0.05) is 0 Å². The molecule has 2 N–H and O–H groups in total. The van der Waals surface area contributed by atoms with E-state index >= 15 is 0 Å². The number of hydrogen-bond donors (Lipinski definition) is 1. The van der Waals surface area contributed by atoms with Gasteiger partial charge >= 0.3 is 0 Å². The fourth-order valence-corrected chi connectivity index (χ4v) is 1.27. The number of aromatic nitrogens is 1. The van der Waals surface area contributed by atoms with E-state index < -0.39 is 0 Å². The van der Waals surface area contributed by atoms with Gasteiger partial charge in [-0.15, -0.1) is 11.3 Å². The molecule has 10 heavy (non-hydrogen) atoms. The molecule has 0 aliphatic carbocycles. The highest BCUT2D eigenvalue weighted by Crippen LogP contribution is 2.12. The van der Waals surface area contributed by atoms with E-state index in [-0.39, 0.29) is 6.54 Å². The van der Waals surface area contributed by atoms with E-state index in [0.717, 1.165) is 17.4 Å². The summed E-state index contributed by atoms with van der Waals surface area (Å²) in [6, 6.07) is 0. The molecule has 0 bridgehead atoms. The third-order valence-electron chi connectivity index (χ3n) is 1.06. The first-order valence-electron chi connectivity index (χ1n) is 3.19. The molecule has 0 aliphatic heterocycles. The summed E-state index contributed by atoms with van der Waals surface area (Å²) in [7, 11) is 0. The van der Waals surface area contributed by atoms with E-state index in [1.165, 1.54) is 11.3 Å². The van der Waals surface area contributed by atoms with Crippen molar-refractivity contribution in [2.45, 2.75) is 13.5 Å². The van der Waals surface area contributed by atoms with E-state index in [1.807, 2.05) is 12.3 Å². The van der Waals surface area contributed by atoms with Gasteiger partial charge in [0.15, 0.2) is 0 Å². The molecule has 0 fully saturated rings. The molecule has 0 saturated heterocycles. The van der Waals surface area contributed by atoms with Gasteiger partial charge in [-0.3, -0.25) is 5.73 Å². The Labute approximate surface area is 64.3 Å². The molecule has 1 aromatic rings. The summed E-state index contributed by atoms with van der Waals surface area (Å²) < 4.78 is 0. The predicted molar refractivity (Wildman–Crippen MR) is 43.1 cm³/mol. The monoisotopic (exact) mass is 156 g/mol. The van der Waals surface area contributed by atoms with Crippen LogP contribution in [0.25, 0.3) is 0 Å². The number of nitrogens with zero attached hydrogens (tertiary/aromatic N) is 1. The zero-order valence-electron chi connectivity index (χ0n) is 5.85. The Bertz CT molecular complexity index is 197. The predicted octanol–water partition coefficient (Wildman–Crippen LogP) is 1.36. The average molecular weight is 156 g/mol. The standard InChI is InChI=1S/C6H10N3S/c1-2-8-5-4-10-6(3-7)9-5/h4,7-8H,2-3H2,1H3. The minimum atomic E-state index is 0.288. The summed E-state index contributed by atoms with van der Waals surface area (Å²) in [5.74, 6) is 0.898. The molecule has 0 amide bonds. The highest BCUT2D eigenvalue weighted by atomic mass is 32.1. The molecule has 0 aromatic carbocycles. The minimum absolute atomic E-state index is 0.288. The number of nitrogens with one attached hydrogen (secondary N) is 2. The van der Waals surface area contributed by atoms with Crippen molar-refractivity contribution in [3.63, 3.8) is 0 Å². The average Bonchev–Trinajstić information content (AvgIpc) is 2.37. The molecule has 1 aromatic heterocycles. The van der Waals surface area contributed by atoms with Gasteiger partial charge in [0.25, 0.3) is 0 Å². The van der Waals surface area contributed by atoms with E-state index in [1.54, 1.807) is 0 Å². The van der Waals surface area contributed by atoms with Crippen LogP contribution >= 0.6 is 11.3 Å². The van der Waals surface area contributed by atoms with Gasteiger partial charge in [0.05, 0.1) is 6.54 Å². The maximum atomic E-state index is 7.01. The fourth-order valence-electron chi connectivity index (χ4n) is 0.654. The number of thiazole rings is 1. The molecule has 1 radical (unpaired) electrons. The second kappa shape index (κ2) is 3.53. The van der Waals surface area contributed by atoms with Gasteiger partial charge in [0.1, 0.15) is 10.8 Å². The molecule has 0 atom stereocenters. The van der Waals surface area contributed by atoms with Crippen molar-refractivity contribution in [3.05, 3.63) is 10.4 Å². The first-order valence-corrected chi connectivity index (χ1v) is 4.07. The Balaban J connectivity index is 2.59. The van der Waals surface area contributed by atoms with Crippen molar-refractivity contribution in [2.24, 2.45) is 0 Å². The topological polar surface area (TPSA) is 48.7 Å². The second-order valence-corrected chi connectivity index (χ2v) is 2.78. The number of rotatable bonds is 3. The van der Waals surface area contributed by atoms with Gasteiger partial charge in [-0.25, -0.2) is 4.98 Å². The molecule has 0 saturated carbocycles. The van der Waals surface area contributed by atoms with E-state index in [2.05, 4.69) is 10.3 Å². The Hall–Kier alpha value is -0.610. The number of hydrogen-bond acceptors (Lipinski definition) is 3.